The Bertz CT molecular complexity index is 605. The molecule has 2 aromatic rings. The highest BCUT2D eigenvalue weighted by atomic mass is 35.5. The molecule has 0 bridgehead atoms. The van der Waals surface area contributed by atoms with Crippen molar-refractivity contribution in [2.24, 2.45) is 0 Å². The van der Waals surface area contributed by atoms with Crippen LogP contribution < -0.4 is 4.90 Å². The van der Waals surface area contributed by atoms with Gasteiger partial charge in [-0.25, -0.2) is 4.98 Å². The van der Waals surface area contributed by atoms with Gasteiger partial charge in [-0.2, -0.15) is 4.98 Å². The fourth-order valence-electron chi connectivity index (χ4n) is 2.59. The van der Waals surface area contributed by atoms with E-state index in [-0.39, 0.29) is 12.2 Å². The van der Waals surface area contributed by atoms with Crippen molar-refractivity contribution in [3.8, 4) is 0 Å². The topological polar surface area (TPSA) is 38.2 Å². The summed E-state index contributed by atoms with van der Waals surface area (Å²) in [5, 5.41) is 1.41. The summed E-state index contributed by atoms with van der Waals surface area (Å²) in [4.78, 5) is 13.2. The van der Waals surface area contributed by atoms with Gasteiger partial charge in [0, 0.05) is 18.0 Å². The second kappa shape index (κ2) is 4.89. The number of halogens is 1. The number of aromatic nitrogens is 2. The van der Waals surface area contributed by atoms with E-state index in [4.69, 9.17) is 16.3 Å². The van der Waals surface area contributed by atoms with Crippen LogP contribution in [0.4, 0.5) is 5.82 Å². The number of anilines is 1. The highest BCUT2D eigenvalue weighted by Gasteiger charge is 2.25. The minimum absolute atomic E-state index is 0.201. The van der Waals surface area contributed by atoms with Crippen LogP contribution in [-0.4, -0.2) is 35.3 Å². The molecule has 0 spiro atoms. The Balaban J connectivity index is 2.08. The highest BCUT2D eigenvalue weighted by molar-refractivity contribution is 7.18. The molecule has 4 nitrogen and oxygen atoms in total. The normalized spacial score (nSPS) is 24.1. The van der Waals surface area contributed by atoms with Gasteiger partial charge in [-0.1, -0.05) is 0 Å². The van der Waals surface area contributed by atoms with E-state index >= 15 is 0 Å². The van der Waals surface area contributed by atoms with E-state index in [9.17, 15) is 0 Å². The molecule has 3 heterocycles. The Labute approximate surface area is 121 Å². The quantitative estimate of drug-likeness (QED) is 0.757. The second-order valence-electron chi connectivity index (χ2n) is 5.05. The second-order valence-corrected chi connectivity index (χ2v) is 6.63. The summed E-state index contributed by atoms with van der Waals surface area (Å²) >= 11 is 7.70. The van der Waals surface area contributed by atoms with Crippen molar-refractivity contribution in [2.75, 3.05) is 18.0 Å². The Morgan fingerprint density at radius 2 is 2.00 bits per heavy atom. The summed E-state index contributed by atoms with van der Waals surface area (Å²) in [6.07, 6.45) is 0.402. The molecule has 0 saturated carbocycles. The van der Waals surface area contributed by atoms with Crippen LogP contribution in [0.3, 0.4) is 0 Å². The first-order chi connectivity index (χ1) is 9.02. The van der Waals surface area contributed by atoms with E-state index < -0.39 is 0 Å². The molecule has 0 N–H and O–H groups in total. The summed E-state index contributed by atoms with van der Waals surface area (Å²) in [5.41, 5.74) is 0. The lowest BCUT2D eigenvalue weighted by molar-refractivity contribution is -0.00537. The van der Waals surface area contributed by atoms with Crippen LogP contribution in [0.2, 0.25) is 5.28 Å². The number of thiophene rings is 1. The number of hydrogen-bond donors (Lipinski definition) is 0. The Morgan fingerprint density at radius 3 is 2.68 bits per heavy atom. The third-order valence-electron chi connectivity index (χ3n) is 3.19. The van der Waals surface area contributed by atoms with Crippen molar-refractivity contribution in [1.29, 1.82) is 0 Å². The third kappa shape index (κ3) is 2.55. The van der Waals surface area contributed by atoms with Gasteiger partial charge in [0.2, 0.25) is 5.28 Å². The standard InChI is InChI=1S/C13H16ClN3OS/c1-7-5-17(6-8(2)18-7)11-10-4-9(3)19-12(10)16-13(14)15-11/h4,7-8H,5-6H2,1-3H3/t7-,8+. The van der Waals surface area contributed by atoms with Gasteiger partial charge in [0.15, 0.2) is 0 Å². The lowest BCUT2D eigenvalue weighted by Gasteiger charge is -2.36. The number of rotatable bonds is 1. The van der Waals surface area contributed by atoms with Crippen molar-refractivity contribution in [3.63, 3.8) is 0 Å². The molecule has 0 radical (unpaired) electrons. The molecule has 0 aliphatic carbocycles. The van der Waals surface area contributed by atoms with Gasteiger partial charge in [0.25, 0.3) is 0 Å². The predicted octanol–water partition coefficient (Wildman–Crippen LogP) is 3.27. The summed E-state index contributed by atoms with van der Waals surface area (Å²) < 4.78 is 5.77. The zero-order valence-electron chi connectivity index (χ0n) is 11.2. The Kier molecular flexibility index (Phi) is 3.37. The number of hydrogen-bond acceptors (Lipinski definition) is 5. The fourth-order valence-corrected chi connectivity index (χ4v) is 3.68. The smallest absolute Gasteiger partial charge is 0.225 e. The number of nitrogens with zero attached hydrogens (tertiary/aromatic N) is 3. The number of aryl methyl sites for hydroxylation is 1. The molecule has 0 aromatic carbocycles. The molecule has 1 saturated heterocycles. The first kappa shape index (κ1) is 13.1. The molecule has 0 amide bonds. The molecule has 0 unspecified atom stereocenters. The van der Waals surface area contributed by atoms with Crippen LogP contribution in [0, 0.1) is 6.92 Å². The van der Waals surface area contributed by atoms with Gasteiger partial charge >= 0.3 is 0 Å². The van der Waals surface area contributed by atoms with Crippen molar-refractivity contribution in [2.45, 2.75) is 33.0 Å². The zero-order chi connectivity index (χ0) is 13.6. The fraction of sp³-hybridized carbons (Fsp3) is 0.538. The van der Waals surface area contributed by atoms with Gasteiger partial charge < -0.3 is 9.64 Å². The molecule has 3 rings (SSSR count). The van der Waals surface area contributed by atoms with E-state index in [0.29, 0.717) is 5.28 Å². The van der Waals surface area contributed by atoms with Gasteiger partial charge in [-0.05, 0) is 38.4 Å². The van der Waals surface area contributed by atoms with Crippen LogP contribution in [-0.2, 0) is 4.74 Å². The average Bonchev–Trinajstić information content (AvgIpc) is 2.66. The lowest BCUT2D eigenvalue weighted by Crippen LogP contribution is -2.45. The predicted molar refractivity (Wildman–Crippen MR) is 79.4 cm³/mol. The minimum atomic E-state index is 0.201. The van der Waals surface area contributed by atoms with Crippen molar-refractivity contribution >= 4 is 39.0 Å². The monoisotopic (exact) mass is 297 g/mol. The Morgan fingerprint density at radius 1 is 1.32 bits per heavy atom. The van der Waals surface area contributed by atoms with Gasteiger partial charge in [0.05, 0.1) is 17.6 Å². The first-order valence-electron chi connectivity index (χ1n) is 6.37. The van der Waals surface area contributed by atoms with E-state index in [1.165, 1.54) is 4.88 Å². The van der Waals surface area contributed by atoms with Crippen LogP contribution in [0.15, 0.2) is 6.07 Å². The lowest BCUT2D eigenvalue weighted by atomic mass is 10.2. The van der Waals surface area contributed by atoms with Gasteiger partial charge in [-0.3, -0.25) is 0 Å². The van der Waals surface area contributed by atoms with E-state index in [2.05, 4.69) is 41.7 Å². The summed E-state index contributed by atoms with van der Waals surface area (Å²) in [6.45, 7) is 7.92. The van der Waals surface area contributed by atoms with E-state index in [0.717, 1.165) is 29.1 Å². The molecule has 2 atom stereocenters. The maximum Gasteiger partial charge on any atom is 0.225 e. The van der Waals surface area contributed by atoms with E-state index in [1.807, 2.05) is 0 Å². The molecule has 2 aromatic heterocycles. The molecule has 1 aliphatic rings. The van der Waals surface area contributed by atoms with Crippen molar-refractivity contribution in [3.05, 3.63) is 16.2 Å². The van der Waals surface area contributed by atoms with Crippen LogP contribution in [0.5, 0.6) is 0 Å². The van der Waals surface area contributed by atoms with Gasteiger partial charge in [-0.15, -0.1) is 11.3 Å². The maximum atomic E-state index is 6.05. The average molecular weight is 298 g/mol. The molecule has 102 valence electrons. The molecular formula is C13H16ClN3OS. The van der Waals surface area contributed by atoms with Crippen molar-refractivity contribution in [1.82, 2.24) is 9.97 Å². The van der Waals surface area contributed by atoms with Gasteiger partial charge in [0.1, 0.15) is 10.6 Å². The van der Waals surface area contributed by atoms with Crippen LogP contribution in [0.1, 0.15) is 18.7 Å². The SMILES string of the molecule is Cc1cc2c(N3C[C@@H](C)O[C@@H](C)C3)nc(Cl)nc2s1. The first-order valence-corrected chi connectivity index (χ1v) is 7.56. The number of ether oxygens (including phenoxy) is 1. The third-order valence-corrected chi connectivity index (χ3v) is 4.30. The largest absolute Gasteiger partial charge is 0.372 e. The molecular weight excluding hydrogens is 282 g/mol. The summed E-state index contributed by atoms with van der Waals surface area (Å²) in [5.74, 6) is 0.932. The maximum absolute atomic E-state index is 6.05. The number of morpholine rings is 1. The van der Waals surface area contributed by atoms with Crippen molar-refractivity contribution < 1.29 is 4.74 Å². The summed E-state index contributed by atoms with van der Waals surface area (Å²) in [7, 11) is 0. The highest BCUT2D eigenvalue weighted by Crippen LogP contribution is 2.32. The minimum Gasteiger partial charge on any atom is -0.372 e. The Hall–Kier alpha value is -0.910. The molecule has 19 heavy (non-hydrogen) atoms. The van der Waals surface area contributed by atoms with Crippen LogP contribution in [0.25, 0.3) is 10.2 Å². The zero-order valence-corrected chi connectivity index (χ0v) is 12.8. The molecule has 1 aliphatic heterocycles. The molecule has 1 fully saturated rings. The van der Waals surface area contributed by atoms with E-state index in [1.54, 1.807) is 11.3 Å². The summed E-state index contributed by atoms with van der Waals surface area (Å²) in [6, 6.07) is 2.14. The van der Waals surface area contributed by atoms with Crippen LogP contribution >= 0.6 is 22.9 Å². The molecule has 6 heteroatoms. The number of fused-ring (bicyclic) bond motifs is 1.